The predicted octanol–water partition coefficient (Wildman–Crippen LogP) is 1.72. The average Bonchev–Trinajstić information content (AvgIpc) is 3.14. The minimum absolute atomic E-state index is 0.244. The lowest BCUT2D eigenvalue weighted by Crippen LogP contribution is -2.52. The molecule has 0 radical (unpaired) electrons. The minimum Gasteiger partial charge on any atom is -0.339 e. The first-order valence-electron chi connectivity index (χ1n) is 9.59. The van der Waals surface area contributed by atoms with E-state index >= 15 is 0 Å². The maximum Gasteiger partial charge on any atom is 0.224 e. The molecule has 1 unspecified atom stereocenters. The first-order chi connectivity index (χ1) is 11.7. The van der Waals surface area contributed by atoms with Gasteiger partial charge in [0, 0.05) is 63.1 Å². The van der Waals surface area contributed by atoms with Crippen molar-refractivity contribution in [1.29, 1.82) is 0 Å². The van der Waals surface area contributed by atoms with Gasteiger partial charge in [-0.3, -0.25) is 9.59 Å². The van der Waals surface area contributed by atoms with Crippen molar-refractivity contribution < 1.29 is 9.59 Å². The van der Waals surface area contributed by atoms with E-state index in [1.54, 1.807) is 0 Å². The summed E-state index contributed by atoms with van der Waals surface area (Å²) in [6.45, 7) is 3.83. The Kier molecular flexibility index (Phi) is 6.84. The van der Waals surface area contributed by atoms with Crippen molar-refractivity contribution in [2.45, 2.75) is 51.0 Å². The third-order valence-corrected chi connectivity index (χ3v) is 6.78. The molecule has 136 valence electrons. The van der Waals surface area contributed by atoms with E-state index in [0.29, 0.717) is 51.0 Å². The highest BCUT2D eigenvalue weighted by molar-refractivity contribution is 7.99. The van der Waals surface area contributed by atoms with Gasteiger partial charge in [0.1, 0.15) is 0 Å². The number of carbonyl (C=O) groups is 2. The van der Waals surface area contributed by atoms with E-state index in [9.17, 15) is 9.59 Å². The van der Waals surface area contributed by atoms with Crippen molar-refractivity contribution >= 4 is 23.6 Å². The molecular formula is C18H31N3O2S. The Bertz CT molecular complexity index is 426. The van der Waals surface area contributed by atoms with Gasteiger partial charge in [-0.05, 0) is 12.3 Å². The standard InChI is InChI=1S/C18H31N3O2S/c22-17(6-5-15-3-1-2-4-15)20-8-10-21(11-9-20)18(23)13-16-14-24-12-7-19-16/h15-16,19H,1-14H2. The fourth-order valence-electron chi connectivity index (χ4n) is 4.08. The van der Waals surface area contributed by atoms with Crippen LogP contribution in [-0.4, -0.2) is 71.9 Å². The molecule has 0 bridgehead atoms. The van der Waals surface area contributed by atoms with E-state index in [1.807, 2.05) is 21.6 Å². The molecule has 1 atom stereocenters. The Morgan fingerprint density at radius 2 is 1.67 bits per heavy atom. The van der Waals surface area contributed by atoms with Crippen molar-refractivity contribution in [3.63, 3.8) is 0 Å². The zero-order valence-corrected chi connectivity index (χ0v) is 15.5. The number of amides is 2. The summed E-state index contributed by atoms with van der Waals surface area (Å²) in [7, 11) is 0. The van der Waals surface area contributed by atoms with E-state index in [2.05, 4.69) is 5.32 Å². The zero-order valence-electron chi connectivity index (χ0n) is 14.7. The van der Waals surface area contributed by atoms with E-state index in [-0.39, 0.29) is 5.91 Å². The molecule has 1 aliphatic carbocycles. The summed E-state index contributed by atoms with van der Waals surface area (Å²) in [6, 6.07) is 0.322. The second-order valence-electron chi connectivity index (χ2n) is 7.38. The van der Waals surface area contributed by atoms with Crippen LogP contribution in [0, 0.1) is 5.92 Å². The molecule has 6 heteroatoms. The Morgan fingerprint density at radius 3 is 2.29 bits per heavy atom. The highest BCUT2D eigenvalue weighted by Crippen LogP contribution is 2.28. The number of piperazine rings is 1. The topological polar surface area (TPSA) is 52.7 Å². The highest BCUT2D eigenvalue weighted by atomic mass is 32.2. The quantitative estimate of drug-likeness (QED) is 0.818. The Morgan fingerprint density at radius 1 is 1.00 bits per heavy atom. The van der Waals surface area contributed by atoms with Gasteiger partial charge in [0.05, 0.1) is 0 Å². The Labute approximate surface area is 149 Å². The number of thioether (sulfide) groups is 1. The summed E-state index contributed by atoms with van der Waals surface area (Å²) in [5.74, 6) is 3.49. The largest absolute Gasteiger partial charge is 0.339 e. The smallest absolute Gasteiger partial charge is 0.224 e. The van der Waals surface area contributed by atoms with Crippen LogP contribution in [0.1, 0.15) is 44.9 Å². The van der Waals surface area contributed by atoms with Gasteiger partial charge in [-0.2, -0.15) is 11.8 Å². The third kappa shape index (κ3) is 5.12. The number of nitrogens with one attached hydrogen (secondary N) is 1. The summed E-state index contributed by atoms with van der Waals surface area (Å²) in [5, 5.41) is 3.43. The number of nitrogens with zero attached hydrogens (tertiary/aromatic N) is 2. The van der Waals surface area contributed by atoms with Crippen molar-refractivity contribution in [3.8, 4) is 0 Å². The van der Waals surface area contributed by atoms with Gasteiger partial charge >= 0.3 is 0 Å². The van der Waals surface area contributed by atoms with E-state index in [1.165, 1.54) is 25.7 Å². The highest BCUT2D eigenvalue weighted by Gasteiger charge is 2.26. The summed E-state index contributed by atoms with van der Waals surface area (Å²) < 4.78 is 0. The summed E-state index contributed by atoms with van der Waals surface area (Å²) in [5.41, 5.74) is 0. The van der Waals surface area contributed by atoms with E-state index in [0.717, 1.165) is 30.4 Å². The van der Waals surface area contributed by atoms with Gasteiger partial charge in [-0.25, -0.2) is 0 Å². The number of rotatable bonds is 5. The fourth-order valence-corrected chi connectivity index (χ4v) is 5.03. The lowest BCUT2D eigenvalue weighted by atomic mass is 10.0. The lowest BCUT2D eigenvalue weighted by molar-refractivity contribution is -0.140. The molecule has 24 heavy (non-hydrogen) atoms. The molecule has 2 aliphatic heterocycles. The van der Waals surface area contributed by atoms with E-state index in [4.69, 9.17) is 0 Å². The number of carbonyl (C=O) groups excluding carboxylic acids is 2. The van der Waals surface area contributed by atoms with Gasteiger partial charge in [0.2, 0.25) is 11.8 Å². The molecule has 2 amide bonds. The van der Waals surface area contributed by atoms with Crippen LogP contribution >= 0.6 is 11.8 Å². The van der Waals surface area contributed by atoms with Gasteiger partial charge in [0.15, 0.2) is 0 Å². The van der Waals surface area contributed by atoms with Crippen molar-refractivity contribution in [2.75, 3.05) is 44.2 Å². The molecule has 3 aliphatic rings. The average molecular weight is 354 g/mol. The van der Waals surface area contributed by atoms with Gasteiger partial charge < -0.3 is 15.1 Å². The van der Waals surface area contributed by atoms with Crippen molar-refractivity contribution in [2.24, 2.45) is 5.92 Å². The normalized spacial score (nSPS) is 25.9. The third-order valence-electron chi connectivity index (χ3n) is 5.65. The first-order valence-corrected chi connectivity index (χ1v) is 10.7. The van der Waals surface area contributed by atoms with Crippen LogP contribution in [0.2, 0.25) is 0 Å². The first kappa shape index (κ1) is 18.1. The molecule has 2 heterocycles. The molecule has 0 spiro atoms. The minimum atomic E-state index is 0.244. The number of hydrogen-bond acceptors (Lipinski definition) is 4. The molecule has 0 aromatic heterocycles. The predicted molar refractivity (Wildman–Crippen MR) is 98.1 cm³/mol. The summed E-state index contributed by atoms with van der Waals surface area (Å²) in [6.07, 6.45) is 7.65. The van der Waals surface area contributed by atoms with Crippen LogP contribution in [-0.2, 0) is 9.59 Å². The molecule has 3 rings (SSSR count). The zero-order chi connectivity index (χ0) is 16.8. The van der Waals surface area contributed by atoms with Gasteiger partial charge in [-0.15, -0.1) is 0 Å². The van der Waals surface area contributed by atoms with Crippen LogP contribution in [0.5, 0.6) is 0 Å². The van der Waals surface area contributed by atoms with Crippen molar-refractivity contribution in [1.82, 2.24) is 15.1 Å². The maximum absolute atomic E-state index is 12.4. The molecule has 0 aromatic rings. The second-order valence-corrected chi connectivity index (χ2v) is 8.53. The molecule has 0 aromatic carbocycles. The SMILES string of the molecule is O=C(CCC1CCCC1)N1CCN(C(=O)CC2CSCCN2)CC1. The molecule has 1 saturated carbocycles. The monoisotopic (exact) mass is 353 g/mol. The number of hydrogen-bond donors (Lipinski definition) is 1. The van der Waals surface area contributed by atoms with Crippen LogP contribution in [0.15, 0.2) is 0 Å². The molecular weight excluding hydrogens is 322 g/mol. The van der Waals surface area contributed by atoms with E-state index < -0.39 is 0 Å². The van der Waals surface area contributed by atoms with Crippen LogP contribution in [0.3, 0.4) is 0 Å². The summed E-state index contributed by atoms with van der Waals surface area (Å²) >= 11 is 1.93. The molecule has 3 fully saturated rings. The fraction of sp³-hybridized carbons (Fsp3) is 0.889. The lowest BCUT2D eigenvalue weighted by Gasteiger charge is -2.36. The van der Waals surface area contributed by atoms with Crippen molar-refractivity contribution in [3.05, 3.63) is 0 Å². The molecule has 5 nitrogen and oxygen atoms in total. The molecule has 2 saturated heterocycles. The van der Waals surface area contributed by atoms with Crippen LogP contribution < -0.4 is 5.32 Å². The Balaban J connectivity index is 1.35. The molecule has 1 N–H and O–H groups in total. The van der Waals surface area contributed by atoms with Crippen LogP contribution in [0.4, 0.5) is 0 Å². The second kappa shape index (κ2) is 9.09. The van der Waals surface area contributed by atoms with Gasteiger partial charge in [-0.1, -0.05) is 25.7 Å². The van der Waals surface area contributed by atoms with Crippen LogP contribution in [0.25, 0.3) is 0 Å². The summed E-state index contributed by atoms with van der Waals surface area (Å²) in [4.78, 5) is 28.7. The Hall–Kier alpha value is -0.750. The maximum atomic E-state index is 12.4. The van der Waals surface area contributed by atoms with Gasteiger partial charge in [0.25, 0.3) is 0 Å².